The van der Waals surface area contributed by atoms with Crippen LogP contribution >= 0.6 is 11.3 Å². The minimum atomic E-state index is -5.08. The van der Waals surface area contributed by atoms with Gasteiger partial charge in [-0.15, -0.1) is 11.3 Å². The second-order valence-corrected chi connectivity index (χ2v) is 9.57. The summed E-state index contributed by atoms with van der Waals surface area (Å²) in [6, 6.07) is 4.72. The molecule has 1 aromatic rings. The molecule has 0 aromatic carbocycles. The van der Waals surface area contributed by atoms with Gasteiger partial charge >= 0.3 is 24.3 Å². The molecule has 0 spiro atoms. The van der Waals surface area contributed by atoms with Crippen LogP contribution in [-0.4, -0.2) is 113 Å². The number of hydrogen-bond acceptors (Lipinski definition) is 7. The largest absolute Gasteiger partial charge is 0.490 e. The molecule has 0 radical (unpaired) electrons. The lowest BCUT2D eigenvalue weighted by molar-refractivity contribution is -0.193. The quantitative estimate of drug-likeness (QED) is 0.540. The van der Waals surface area contributed by atoms with Gasteiger partial charge in [-0.1, -0.05) is 6.07 Å². The number of carboxylic acid groups (broad SMARTS) is 2. The molecule has 37 heavy (non-hydrogen) atoms. The number of halogens is 6. The number of rotatable bonds is 3. The molecule has 16 heteroatoms. The molecule has 4 rings (SSSR count). The highest BCUT2D eigenvalue weighted by atomic mass is 32.1. The molecule has 3 fully saturated rings. The van der Waals surface area contributed by atoms with Crippen molar-refractivity contribution >= 4 is 29.2 Å². The number of likely N-dealkylation sites (N-methyl/N-ethyl adjacent to an activating group) is 1. The van der Waals surface area contributed by atoms with Crippen LogP contribution in [0.2, 0.25) is 0 Å². The molecule has 3 atom stereocenters. The molecule has 0 bridgehead atoms. The summed E-state index contributed by atoms with van der Waals surface area (Å²) in [6.07, 6.45) is -8.22. The van der Waals surface area contributed by atoms with E-state index in [1.165, 1.54) is 4.88 Å². The van der Waals surface area contributed by atoms with Crippen LogP contribution < -0.4 is 0 Å². The fourth-order valence-corrected chi connectivity index (χ4v) is 4.75. The number of nitrogens with zero attached hydrogens (tertiary/aromatic N) is 3. The van der Waals surface area contributed by atoms with Crippen molar-refractivity contribution in [3.05, 3.63) is 22.4 Å². The van der Waals surface area contributed by atoms with E-state index in [0.29, 0.717) is 6.04 Å². The molecular formula is C21H27F6N3O6S. The zero-order valence-corrected chi connectivity index (χ0v) is 20.5. The summed E-state index contributed by atoms with van der Waals surface area (Å²) in [4.78, 5) is 38.7. The second kappa shape index (κ2) is 12.9. The zero-order chi connectivity index (χ0) is 28.0. The summed E-state index contributed by atoms with van der Waals surface area (Å²) >= 11 is 1.81. The number of aliphatic carboxylic acids is 2. The van der Waals surface area contributed by atoms with Crippen molar-refractivity contribution in [1.82, 2.24) is 14.7 Å². The van der Waals surface area contributed by atoms with Gasteiger partial charge in [-0.05, 0) is 24.9 Å². The predicted octanol–water partition coefficient (Wildman–Crippen LogP) is 2.52. The number of thiophene rings is 1. The smallest absolute Gasteiger partial charge is 0.475 e. The molecule has 2 N–H and O–H groups in total. The van der Waals surface area contributed by atoms with Gasteiger partial charge < -0.3 is 24.7 Å². The van der Waals surface area contributed by atoms with E-state index in [2.05, 4.69) is 34.4 Å². The van der Waals surface area contributed by atoms with Crippen LogP contribution in [0.15, 0.2) is 17.5 Å². The Morgan fingerprint density at radius 2 is 1.54 bits per heavy atom. The highest BCUT2D eigenvalue weighted by molar-refractivity contribution is 7.09. The van der Waals surface area contributed by atoms with Crippen molar-refractivity contribution in [3.63, 3.8) is 0 Å². The minimum Gasteiger partial charge on any atom is -0.475 e. The fourth-order valence-electron chi connectivity index (χ4n) is 4.02. The van der Waals surface area contributed by atoms with Crippen LogP contribution in [-0.2, 0) is 25.7 Å². The summed E-state index contributed by atoms with van der Waals surface area (Å²) in [5.74, 6) is -5.30. The number of piperazine rings is 1. The average Bonchev–Trinajstić information content (AvgIpc) is 3.53. The van der Waals surface area contributed by atoms with Gasteiger partial charge in [-0.25, -0.2) is 9.59 Å². The maximum Gasteiger partial charge on any atom is 0.490 e. The predicted molar refractivity (Wildman–Crippen MR) is 118 cm³/mol. The number of ether oxygens (including phenoxy) is 1. The van der Waals surface area contributed by atoms with Gasteiger partial charge in [-0.2, -0.15) is 26.3 Å². The fraction of sp³-hybridized carbons (Fsp3) is 0.667. The third-order valence-electron chi connectivity index (χ3n) is 5.91. The first kappa shape index (κ1) is 30.8. The number of carbonyl (C=O) groups is 3. The summed E-state index contributed by atoms with van der Waals surface area (Å²) in [5.41, 5.74) is 0. The Balaban J connectivity index is 0.000000286. The van der Waals surface area contributed by atoms with Crippen LogP contribution in [0.1, 0.15) is 17.7 Å². The molecular weight excluding hydrogens is 536 g/mol. The third-order valence-corrected chi connectivity index (χ3v) is 6.77. The molecule has 1 aromatic heterocycles. The lowest BCUT2D eigenvalue weighted by Crippen LogP contribution is -2.50. The minimum absolute atomic E-state index is 0.212. The molecule has 4 heterocycles. The number of alkyl halides is 6. The van der Waals surface area contributed by atoms with E-state index < -0.39 is 24.3 Å². The van der Waals surface area contributed by atoms with E-state index in [-0.39, 0.29) is 18.1 Å². The zero-order valence-electron chi connectivity index (χ0n) is 19.7. The van der Waals surface area contributed by atoms with Crippen LogP contribution in [0.25, 0.3) is 0 Å². The van der Waals surface area contributed by atoms with Crippen LogP contribution in [0.3, 0.4) is 0 Å². The first-order valence-electron chi connectivity index (χ1n) is 11.1. The summed E-state index contributed by atoms with van der Waals surface area (Å²) in [6.45, 7) is 5.69. The van der Waals surface area contributed by atoms with Crippen LogP contribution in [0.5, 0.6) is 0 Å². The van der Waals surface area contributed by atoms with Gasteiger partial charge in [0.15, 0.2) is 0 Å². The van der Waals surface area contributed by atoms with Gasteiger partial charge in [0.05, 0.1) is 6.10 Å². The standard InChI is InChI=1S/C17H25N3O2S.2C2HF3O2/c1-18-6-8-19(9-7-18)17(21)16-11-14-15(22-16)4-5-20(14)12-13-3-2-10-23-13;2*3-2(4,5)1(6)7/h2-3,10,14-16H,4-9,11-12H2,1H3;2*(H,6,7)/t14-,15-,16+;;/m0../s1. The summed E-state index contributed by atoms with van der Waals surface area (Å²) in [5, 5.41) is 16.4. The van der Waals surface area contributed by atoms with E-state index in [4.69, 9.17) is 24.5 Å². The Bertz CT molecular complexity index is 882. The Hall–Kier alpha value is -2.43. The number of likely N-dealkylation sites (tertiary alicyclic amines) is 1. The maximum absolute atomic E-state index is 12.7. The Morgan fingerprint density at radius 3 is 2.00 bits per heavy atom. The van der Waals surface area contributed by atoms with E-state index in [1.807, 2.05) is 16.2 Å². The monoisotopic (exact) mass is 563 g/mol. The lowest BCUT2D eigenvalue weighted by Gasteiger charge is -2.34. The van der Waals surface area contributed by atoms with Gasteiger partial charge in [0.1, 0.15) is 6.10 Å². The van der Waals surface area contributed by atoms with Crippen molar-refractivity contribution in [3.8, 4) is 0 Å². The summed E-state index contributed by atoms with van der Waals surface area (Å²) < 4.78 is 69.6. The molecule has 9 nitrogen and oxygen atoms in total. The number of fused-ring (bicyclic) bond motifs is 1. The van der Waals surface area contributed by atoms with Crippen LogP contribution in [0, 0.1) is 0 Å². The van der Waals surface area contributed by atoms with Gasteiger partial charge in [0, 0.05) is 56.6 Å². The lowest BCUT2D eigenvalue weighted by atomic mass is 10.1. The van der Waals surface area contributed by atoms with E-state index >= 15 is 0 Å². The molecule has 210 valence electrons. The molecule has 0 saturated carbocycles. The average molecular weight is 564 g/mol. The molecule has 1 amide bonds. The molecule has 3 aliphatic rings. The van der Waals surface area contributed by atoms with Crippen molar-refractivity contribution < 1.29 is 55.7 Å². The topological polar surface area (TPSA) is 111 Å². The first-order valence-corrected chi connectivity index (χ1v) is 12.0. The van der Waals surface area contributed by atoms with Crippen molar-refractivity contribution in [2.24, 2.45) is 0 Å². The van der Waals surface area contributed by atoms with Crippen LogP contribution in [0.4, 0.5) is 26.3 Å². The van der Waals surface area contributed by atoms with E-state index in [9.17, 15) is 31.1 Å². The van der Waals surface area contributed by atoms with Gasteiger partial charge in [-0.3, -0.25) is 9.69 Å². The number of carboxylic acids is 2. The van der Waals surface area contributed by atoms with E-state index in [0.717, 1.165) is 52.1 Å². The molecule has 3 saturated heterocycles. The number of carbonyl (C=O) groups excluding carboxylic acids is 1. The second-order valence-electron chi connectivity index (χ2n) is 8.54. The molecule has 3 aliphatic heterocycles. The molecule has 0 unspecified atom stereocenters. The summed E-state index contributed by atoms with van der Waals surface area (Å²) in [7, 11) is 2.11. The highest BCUT2D eigenvalue weighted by Crippen LogP contribution is 2.35. The third kappa shape index (κ3) is 9.43. The first-order chi connectivity index (χ1) is 17.1. The highest BCUT2D eigenvalue weighted by Gasteiger charge is 2.46. The van der Waals surface area contributed by atoms with Crippen molar-refractivity contribution in [1.29, 1.82) is 0 Å². The SMILES string of the molecule is CN1CCN(C(=O)[C@H]2C[C@H]3[C@H](CCN3Cc3cccs3)O2)CC1.O=C(O)C(F)(F)F.O=C(O)C(F)(F)F. The van der Waals surface area contributed by atoms with Gasteiger partial charge in [0.2, 0.25) is 0 Å². The Kier molecular flexibility index (Phi) is 10.7. The van der Waals surface area contributed by atoms with Gasteiger partial charge in [0.25, 0.3) is 5.91 Å². The number of amides is 1. The Morgan fingerprint density at radius 1 is 1.00 bits per heavy atom. The normalized spacial score (nSPS) is 24.4. The van der Waals surface area contributed by atoms with E-state index in [1.54, 1.807) is 0 Å². The number of hydrogen-bond donors (Lipinski definition) is 2. The molecule has 0 aliphatic carbocycles. The van der Waals surface area contributed by atoms with Crippen molar-refractivity contribution in [2.75, 3.05) is 39.8 Å². The Labute approximate surface area is 212 Å². The van der Waals surface area contributed by atoms with Crippen molar-refractivity contribution in [2.45, 2.75) is 50.0 Å². The maximum atomic E-state index is 12.7.